The first-order valence-electron chi connectivity index (χ1n) is 6.05. The van der Waals surface area contributed by atoms with Crippen molar-refractivity contribution in [3.8, 4) is 11.8 Å². The van der Waals surface area contributed by atoms with Crippen molar-refractivity contribution in [3.63, 3.8) is 0 Å². The van der Waals surface area contributed by atoms with Crippen LogP contribution in [0, 0.1) is 11.3 Å². The summed E-state index contributed by atoms with van der Waals surface area (Å²) in [7, 11) is 2.93. The number of rotatable bonds is 7. The Labute approximate surface area is 113 Å². The highest BCUT2D eigenvalue weighted by Gasteiger charge is 2.03. The Morgan fingerprint density at radius 3 is 2.84 bits per heavy atom. The largest absolute Gasteiger partial charge is 0.495 e. The highest BCUT2D eigenvalue weighted by atomic mass is 16.5. The fourth-order valence-corrected chi connectivity index (χ4v) is 1.64. The molecular weight excluding hydrogens is 244 g/mol. The molecule has 0 saturated carbocycles. The first-order valence-corrected chi connectivity index (χ1v) is 6.05. The molecule has 0 fully saturated rings. The maximum Gasteiger partial charge on any atom is 0.305 e. The zero-order chi connectivity index (χ0) is 14.1. The molecule has 5 nitrogen and oxygen atoms in total. The minimum Gasteiger partial charge on any atom is -0.495 e. The highest BCUT2D eigenvalue weighted by Crippen LogP contribution is 2.18. The van der Waals surface area contributed by atoms with Crippen LogP contribution in [0.25, 0.3) is 0 Å². The Kier molecular flexibility index (Phi) is 6.41. The second-order valence-electron chi connectivity index (χ2n) is 4.00. The molecule has 0 aromatic heterocycles. The molecule has 1 aromatic carbocycles. The number of esters is 1. The van der Waals surface area contributed by atoms with Crippen molar-refractivity contribution in [2.24, 2.45) is 0 Å². The average Bonchev–Trinajstić information content (AvgIpc) is 2.46. The topological polar surface area (TPSA) is 71.3 Å². The van der Waals surface area contributed by atoms with Gasteiger partial charge in [0.05, 0.1) is 19.8 Å². The monoisotopic (exact) mass is 262 g/mol. The van der Waals surface area contributed by atoms with E-state index in [4.69, 9.17) is 10.00 Å². The third-order valence-corrected chi connectivity index (χ3v) is 2.68. The molecule has 0 spiro atoms. The van der Waals surface area contributed by atoms with Crippen LogP contribution in [0.1, 0.15) is 24.0 Å². The van der Waals surface area contributed by atoms with Crippen LogP contribution < -0.4 is 10.1 Å². The summed E-state index contributed by atoms with van der Waals surface area (Å²) in [5.41, 5.74) is 1.53. The SMILES string of the molecule is COC(=O)CCCNCc1ccc(OC)c(C#N)c1. The molecule has 102 valence electrons. The van der Waals surface area contributed by atoms with Gasteiger partial charge in [-0.15, -0.1) is 0 Å². The quantitative estimate of drug-likeness (QED) is 0.597. The third-order valence-electron chi connectivity index (χ3n) is 2.68. The van der Waals surface area contributed by atoms with Crippen LogP contribution in [-0.4, -0.2) is 26.7 Å². The van der Waals surface area contributed by atoms with E-state index < -0.39 is 0 Å². The van der Waals surface area contributed by atoms with Crippen LogP contribution in [0.4, 0.5) is 0 Å². The summed E-state index contributed by atoms with van der Waals surface area (Å²) in [6.45, 7) is 1.38. The van der Waals surface area contributed by atoms with Gasteiger partial charge in [0, 0.05) is 13.0 Å². The lowest BCUT2D eigenvalue weighted by atomic mass is 10.1. The van der Waals surface area contributed by atoms with Crippen molar-refractivity contribution in [3.05, 3.63) is 29.3 Å². The predicted octanol–water partition coefficient (Wildman–Crippen LogP) is 1.61. The van der Waals surface area contributed by atoms with Gasteiger partial charge in [-0.25, -0.2) is 0 Å². The van der Waals surface area contributed by atoms with Gasteiger partial charge in [0.2, 0.25) is 0 Å². The first kappa shape index (κ1) is 15.0. The van der Waals surface area contributed by atoms with Crippen molar-refractivity contribution in [2.75, 3.05) is 20.8 Å². The number of carbonyl (C=O) groups excluding carboxylic acids is 1. The van der Waals surface area contributed by atoms with Crippen LogP contribution in [0.2, 0.25) is 0 Å². The van der Waals surface area contributed by atoms with Gasteiger partial charge in [-0.3, -0.25) is 4.79 Å². The number of nitrogens with zero attached hydrogens (tertiary/aromatic N) is 1. The molecule has 0 aliphatic rings. The maximum absolute atomic E-state index is 10.9. The molecule has 0 aliphatic heterocycles. The number of nitrogens with one attached hydrogen (secondary N) is 1. The summed E-state index contributed by atoms with van der Waals surface area (Å²) in [6, 6.07) is 7.59. The van der Waals surface area contributed by atoms with Gasteiger partial charge in [-0.1, -0.05) is 6.07 Å². The molecule has 0 bridgehead atoms. The maximum atomic E-state index is 10.9. The Bertz CT molecular complexity index is 466. The number of ether oxygens (including phenoxy) is 2. The molecule has 5 heteroatoms. The van der Waals surface area contributed by atoms with Crippen molar-refractivity contribution >= 4 is 5.97 Å². The van der Waals surface area contributed by atoms with Crippen molar-refractivity contribution in [1.82, 2.24) is 5.32 Å². The van der Waals surface area contributed by atoms with Crippen LogP contribution in [-0.2, 0) is 16.1 Å². The molecule has 0 unspecified atom stereocenters. The van der Waals surface area contributed by atoms with E-state index in [1.54, 1.807) is 19.2 Å². The normalized spacial score (nSPS) is 9.74. The van der Waals surface area contributed by atoms with Crippen LogP contribution >= 0.6 is 0 Å². The smallest absolute Gasteiger partial charge is 0.305 e. The number of nitriles is 1. The second kappa shape index (κ2) is 8.11. The van der Waals surface area contributed by atoms with Gasteiger partial charge in [-0.05, 0) is 30.7 Å². The molecule has 0 radical (unpaired) electrons. The lowest BCUT2D eigenvalue weighted by molar-refractivity contribution is -0.140. The van der Waals surface area contributed by atoms with Crippen molar-refractivity contribution in [1.29, 1.82) is 5.26 Å². The van der Waals surface area contributed by atoms with Crippen molar-refractivity contribution in [2.45, 2.75) is 19.4 Å². The van der Waals surface area contributed by atoms with Crippen LogP contribution in [0.15, 0.2) is 18.2 Å². The molecule has 0 heterocycles. The van der Waals surface area contributed by atoms with E-state index in [0.29, 0.717) is 24.3 Å². The van der Waals surface area contributed by atoms with Gasteiger partial charge in [0.1, 0.15) is 11.8 Å². The first-order chi connectivity index (χ1) is 9.21. The minimum absolute atomic E-state index is 0.196. The molecule has 0 atom stereocenters. The molecule has 0 saturated heterocycles. The summed E-state index contributed by atoms with van der Waals surface area (Å²) < 4.78 is 9.63. The van der Waals surface area contributed by atoms with Crippen LogP contribution in [0.5, 0.6) is 5.75 Å². The minimum atomic E-state index is -0.196. The van der Waals surface area contributed by atoms with Crippen molar-refractivity contribution < 1.29 is 14.3 Å². The number of benzene rings is 1. The van der Waals surface area contributed by atoms with E-state index in [9.17, 15) is 4.79 Å². The molecular formula is C14H18N2O3. The number of hydrogen-bond acceptors (Lipinski definition) is 5. The number of carbonyl (C=O) groups is 1. The lowest BCUT2D eigenvalue weighted by Crippen LogP contribution is -2.16. The van der Waals surface area contributed by atoms with Crippen LogP contribution in [0.3, 0.4) is 0 Å². The van der Waals surface area contributed by atoms with E-state index in [2.05, 4.69) is 16.1 Å². The summed E-state index contributed by atoms with van der Waals surface area (Å²) in [6.07, 6.45) is 1.14. The molecule has 1 aromatic rings. The van der Waals surface area contributed by atoms with Gasteiger partial charge < -0.3 is 14.8 Å². The van der Waals surface area contributed by atoms with Gasteiger partial charge in [0.15, 0.2) is 0 Å². The molecule has 0 aliphatic carbocycles. The van der Waals surface area contributed by atoms with Gasteiger partial charge in [0.25, 0.3) is 0 Å². The van der Waals surface area contributed by atoms with E-state index >= 15 is 0 Å². The standard InChI is InChI=1S/C14H18N2O3/c1-18-13-6-5-11(8-12(13)9-15)10-16-7-3-4-14(17)19-2/h5-6,8,16H,3-4,7,10H2,1-2H3. The Morgan fingerprint density at radius 2 is 2.21 bits per heavy atom. The predicted molar refractivity (Wildman–Crippen MR) is 70.7 cm³/mol. The fourth-order valence-electron chi connectivity index (χ4n) is 1.64. The summed E-state index contributed by atoms with van der Waals surface area (Å²) in [5, 5.41) is 12.2. The zero-order valence-electron chi connectivity index (χ0n) is 11.2. The fraction of sp³-hybridized carbons (Fsp3) is 0.429. The highest BCUT2D eigenvalue weighted by molar-refractivity contribution is 5.69. The van der Waals surface area contributed by atoms with E-state index in [1.807, 2.05) is 6.07 Å². The molecule has 1 N–H and O–H groups in total. The van der Waals surface area contributed by atoms with E-state index in [1.165, 1.54) is 7.11 Å². The molecule has 0 amide bonds. The molecule has 1 rings (SSSR count). The molecule has 19 heavy (non-hydrogen) atoms. The Balaban J connectivity index is 2.38. The van der Waals surface area contributed by atoms with Gasteiger partial charge >= 0.3 is 5.97 Å². The third kappa shape index (κ3) is 4.98. The summed E-state index contributed by atoms with van der Waals surface area (Å²) in [5.74, 6) is 0.384. The summed E-state index contributed by atoms with van der Waals surface area (Å²) >= 11 is 0. The van der Waals surface area contributed by atoms with E-state index in [0.717, 1.165) is 18.5 Å². The zero-order valence-corrected chi connectivity index (χ0v) is 11.2. The van der Waals surface area contributed by atoms with E-state index in [-0.39, 0.29) is 5.97 Å². The lowest BCUT2D eigenvalue weighted by Gasteiger charge is -2.07. The Morgan fingerprint density at radius 1 is 1.42 bits per heavy atom. The Hall–Kier alpha value is -2.06. The average molecular weight is 262 g/mol. The number of hydrogen-bond donors (Lipinski definition) is 1. The van der Waals surface area contributed by atoms with Gasteiger partial charge in [-0.2, -0.15) is 5.26 Å². The number of methoxy groups -OCH3 is 2. The second-order valence-corrected chi connectivity index (χ2v) is 4.00. The summed E-state index contributed by atoms with van der Waals surface area (Å²) in [4.78, 5) is 10.9.